The van der Waals surface area contributed by atoms with E-state index < -0.39 is 23.7 Å². The molecule has 0 radical (unpaired) electrons. The van der Waals surface area contributed by atoms with E-state index in [2.05, 4.69) is 0 Å². The minimum absolute atomic E-state index is 0. The lowest BCUT2D eigenvalue weighted by Crippen LogP contribution is -2.62. The lowest BCUT2D eigenvalue weighted by molar-refractivity contribution is -0.149. The maximum atomic E-state index is 12.6. The van der Waals surface area contributed by atoms with Gasteiger partial charge in [0.2, 0.25) is 0 Å². The summed E-state index contributed by atoms with van der Waals surface area (Å²) in [5.74, 6) is -0.950. The van der Waals surface area contributed by atoms with Crippen molar-refractivity contribution in [1.82, 2.24) is 24.5 Å². The van der Waals surface area contributed by atoms with Gasteiger partial charge in [0.1, 0.15) is 5.60 Å². The smallest absolute Gasteiger partial charge is 0.411 e. The third kappa shape index (κ3) is 10.5. The first-order valence-electron chi connectivity index (χ1n) is 14.8. The number of nitrogens with zero attached hydrogens (tertiary/aromatic N) is 5. The largest absolute Gasteiger partial charge is 0.469 e. The molecule has 5 amide bonds. The van der Waals surface area contributed by atoms with Crippen molar-refractivity contribution in [2.24, 2.45) is 5.92 Å². The molecule has 0 aromatic carbocycles. The Bertz CT molecular complexity index is 984. The molecule has 44 heavy (non-hydrogen) atoms. The fraction of sp³-hybridized carbons (Fsp3) is 0.821. The highest BCUT2D eigenvalue weighted by Crippen LogP contribution is 2.20. The van der Waals surface area contributed by atoms with Crippen LogP contribution in [0.4, 0.5) is 14.4 Å². The Balaban J connectivity index is 0.000000315. The molecule has 16 heteroatoms. The monoisotopic (exact) mass is 649 g/mol. The van der Waals surface area contributed by atoms with E-state index in [0.717, 1.165) is 19.4 Å². The molecule has 15 nitrogen and oxygen atoms in total. The van der Waals surface area contributed by atoms with Crippen molar-refractivity contribution >= 4 is 42.5 Å². The Morgan fingerprint density at radius 3 is 1.64 bits per heavy atom. The zero-order valence-electron chi connectivity index (χ0n) is 26.5. The predicted octanol–water partition coefficient (Wildman–Crippen LogP) is 1.28. The summed E-state index contributed by atoms with van der Waals surface area (Å²) < 4.78 is 25.4. The summed E-state index contributed by atoms with van der Waals surface area (Å²) in [6, 6.07) is -1.01. The summed E-state index contributed by atoms with van der Waals surface area (Å²) in [7, 11) is 2.66. The Hall–Kier alpha value is -3.04. The van der Waals surface area contributed by atoms with Gasteiger partial charge in [-0.1, -0.05) is 0 Å². The Kier molecular flexibility index (Phi) is 14.7. The Morgan fingerprint density at radius 2 is 1.16 bits per heavy atom. The maximum absolute atomic E-state index is 12.6. The fourth-order valence-electron chi connectivity index (χ4n) is 5.25. The number of ether oxygens (including phenoxy) is 5. The summed E-state index contributed by atoms with van der Waals surface area (Å²) >= 11 is 0. The van der Waals surface area contributed by atoms with Crippen LogP contribution in [0.3, 0.4) is 0 Å². The van der Waals surface area contributed by atoms with Crippen molar-refractivity contribution in [3.05, 3.63) is 0 Å². The third-order valence-electron chi connectivity index (χ3n) is 7.54. The Labute approximate surface area is 265 Å². The van der Waals surface area contributed by atoms with Crippen LogP contribution in [0.1, 0.15) is 33.6 Å². The topological polar surface area (TPSA) is 148 Å². The second kappa shape index (κ2) is 17.4. The highest BCUT2D eigenvalue weighted by Gasteiger charge is 2.40. The van der Waals surface area contributed by atoms with E-state index >= 15 is 0 Å². The van der Waals surface area contributed by atoms with E-state index in [1.807, 2.05) is 0 Å². The second-order valence-electron chi connectivity index (χ2n) is 11.7. The number of likely N-dealkylation sites (tertiary alicyclic amines) is 1. The number of piperazine rings is 1. The predicted molar refractivity (Wildman–Crippen MR) is 159 cm³/mol. The number of piperidine rings is 1. The first kappa shape index (κ1) is 37.1. The van der Waals surface area contributed by atoms with Crippen molar-refractivity contribution in [1.29, 1.82) is 0 Å². The molecule has 0 saturated carbocycles. The van der Waals surface area contributed by atoms with Gasteiger partial charge in [0.25, 0.3) is 0 Å². The number of morpholine rings is 2. The van der Waals surface area contributed by atoms with Gasteiger partial charge in [0.05, 0.1) is 53.1 Å². The van der Waals surface area contributed by atoms with E-state index in [0.29, 0.717) is 65.7 Å². The summed E-state index contributed by atoms with van der Waals surface area (Å²) in [6.07, 6.45) is 1.08. The lowest BCUT2D eigenvalue weighted by atomic mass is 9.98. The molecule has 0 bridgehead atoms. The van der Waals surface area contributed by atoms with Gasteiger partial charge < -0.3 is 43.3 Å². The zero-order valence-corrected chi connectivity index (χ0v) is 27.3. The highest BCUT2D eigenvalue weighted by atomic mass is 35.5. The summed E-state index contributed by atoms with van der Waals surface area (Å²) in [5.41, 5.74) is -0.668. The summed E-state index contributed by atoms with van der Waals surface area (Å²) in [6.45, 7) is 11.6. The number of hydrogen-bond donors (Lipinski definition) is 0. The van der Waals surface area contributed by atoms with Gasteiger partial charge in [-0.15, -0.1) is 12.4 Å². The SMILES string of the molecule is COC(=O)C1CCCN(C(=O)N2CCOCC2)C1.COC(=O)C1CN(C(=O)N2CCOCC2)CCN1C(=O)OC(C)(C)C.Cl. The van der Waals surface area contributed by atoms with Crippen molar-refractivity contribution < 1.29 is 47.7 Å². The van der Waals surface area contributed by atoms with E-state index in [1.54, 1.807) is 40.4 Å². The van der Waals surface area contributed by atoms with Crippen LogP contribution in [0.5, 0.6) is 0 Å². The van der Waals surface area contributed by atoms with E-state index in [1.165, 1.54) is 19.1 Å². The Morgan fingerprint density at radius 1 is 0.659 bits per heavy atom. The molecule has 252 valence electrons. The van der Waals surface area contributed by atoms with Crippen LogP contribution < -0.4 is 0 Å². The van der Waals surface area contributed by atoms with Gasteiger partial charge in [-0.25, -0.2) is 19.2 Å². The minimum Gasteiger partial charge on any atom is -0.469 e. The van der Waals surface area contributed by atoms with Crippen LogP contribution in [0, 0.1) is 5.92 Å². The van der Waals surface area contributed by atoms with E-state index in [9.17, 15) is 24.0 Å². The van der Waals surface area contributed by atoms with Gasteiger partial charge in [-0.3, -0.25) is 9.69 Å². The van der Waals surface area contributed by atoms with Gasteiger partial charge in [0.15, 0.2) is 6.04 Å². The average Bonchev–Trinajstić information content (AvgIpc) is 3.03. The number of urea groups is 2. The molecule has 4 rings (SSSR count). The van der Waals surface area contributed by atoms with Crippen molar-refractivity contribution in [2.75, 3.05) is 99.5 Å². The molecule has 0 aromatic rings. The summed E-state index contributed by atoms with van der Waals surface area (Å²) in [4.78, 5) is 69.1. The first-order valence-corrected chi connectivity index (χ1v) is 14.8. The molecule has 2 atom stereocenters. The number of methoxy groups -OCH3 is 2. The quantitative estimate of drug-likeness (QED) is 0.316. The van der Waals surface area contributed by atoms with E-state index in [4.69, 9.17) is 23.7 Å². The molecule has 0 N–H and O–H groups in total. The van der Waals surface area contributed by atoms with Crippen LogP contribution in [0.2, 0.25) is 0 Å². The minimum atomic E-state index is -0.876. The van der Waals surface area contributed by atoms with Gasteiger partial charge in [-0.05, 0) is 33.6 Å². The molecule has 0 spiro atoms. The number of rotatable bonds is 2. The molecule has 4 saturated heterocycles. The molecule has 2 unspecified atom stereocenters. The van der Waals surface area contributed by atoms with Gasteiger partial charge >= 0.3 is 30.1 Å². The standard InChI is InChI=1S/C16H27N3O6.C12H20N2O4.ClH/c1-16(2,3)25-15(22)19-6-5-18(11-12(19)13(20)23-4)14(21)17-7-9-24-10-8-17;1-17-11(15)10-3-2-4-14(9-10)12(16)13-5-7-18-8-6-13;/h12H,5-11H2,1-4H3;10H,2-9H2,1H3;1H. The third-order valence-corrected chi connectivity index (χ3v) is 7.54. The number of esters is 2. The van der Waals surface area contributed by atoms with Crippen LogP contribution in [0.15, 0.2) is 0 Å². The highest BCUT2D eigenvalue weighted by molar-refractivity contribution is 5.85. The van der Waals surface area contributed by atoms with Gasteiger partial charge in [-0.2, -0.15) is 0 Å². The number of carbonyl (C=O) groups excluding carboxylic acids is 5. The molecule has 4 heterocycles. The summed E-state index contributed by atoms with van der Waals surface area (Å²) in [5, 5.41) is 0. The fourth-order valence-corrected chi connectivity index (χ4v) is 5.25. The maximum Gasteiger partial charge on any atom is 0.411 e. The molecule has 4 aliphatic rings. The number of carbonyl (C=O) groups is 5. The first-order chi connectivity index (χ1) is 20.4. The molecular formula is C28H48ClN5O10. The molecule has 0 aliphatic carbocycles. The zero-order chi connectivity index (χ0) is 31.6. The number of amides is 5. The van der Waals surface area contributed by atoms with Crippen LogP contribution in [-0.2, 0) is 33.3 Å². The normalized spacial score (nSPS) is 22.5. The van der Waals surface area contributed by atoms with Crippen molar-refractivity contribution in [3.8, 4) is 0 Å². The van der Waals surface area contributed by atoms with Crippen LogP contribution in [-0.4, -0.2) is 166 Å². The second-order valence-corrected chi connectivity index (χ2v) is 11.7. The van der Waals surface area contributed by atoms with Crippen molar-refractivity contribution in [3.63, 3.8) is 0 Å². The van der Waals surface area contributed by atoms with Gasteiger partial charge in [0, 0.05) is 52.4 Å². The molecular weight excluding hydrogens is 602 g/mol. The van der Waals surface area contributed by atoms with E-state index in [-0.39, 0.29) is 49.4 Å². The lowest BCUT2D eigenvalue weighted by Gasteiger charge is -2.42. The molecule has 4 aliphatic heterocycles. The van der Waals surface area contributed by atoms with Crippen molar-refractivity contribution in [2.45, 2.75) is 45.3 Å². The molecule has 4 fully saturated rings. The average molecular weight is 650 g/mol. The van der Waals surface area contributed by atoms with Crippen LogP contribution in [0.25, 0.3) is 0 Å². The number of hydrogen-bond acceptors (Lipinski definition) is 10. The molecule has 0 aromatic heterocycles. The van der Waals surface area contributed by atoms with Crippen LogP contribution >= 0.6 is 12.4 Å². The number of halogens is 1.